The molecule has 1 fully saturated rings. The van der Waals surface area contributed by atoms with Gasteiger partial charge in [0.05, 0.1) is 22.2 Å². The van der Waals surface area contributed by atoms with E-state index in [2.05, 4.69) is 80.8 Å². The summed E-state index contributed by atoms with van der Waals surface area (Å²) in [6.45, 7) is 8.24. The van der Waals surface area contributed by atoms with E-state index >= 15 is 0 Å². The van der Waals surface area contributed by atoms with E-state index in [-0.39, 0.29) is 0 Å². The van der Waals surface area contributed by atoms with Crippen LogP contribution in [0.1, 0.15) is 27.7 Å². The monoisotopic (exact) mass is 614 g/mol. The molecule has 7 nitrogen and oxygen atoms in total. The van der Waals surface area contributed by atoms with Gasteiger partial charge in [0.2, 0.25) is 5.95 Å². The van der Waals surface area contributed by atoms with Gasteiger partial charge in [-0.1, -0.05) is 97.1 Å². The van der Waals surface area contributed by atoms with Crippen molar-refractivity contribution < 1.29 is 13.7 Å². The van der Waals surface area contributed by atoms with E-state index in [1.165, 1.54) is 0 Å². The van der Waals surface area contributed by atoms with Crippen molar-refractivity contribution in [3.05, 3.63) is 115 Å². The predicted molar refractivity (Wildman–Crippen MR) is 188 cm³/mol. The first-order chi connectivity index (χ1) is 22.8. The van der Waals surface area contributed by atoms with Crippen molar-refractivity contribution in [3.63, 3.8) is 0 Å². The third-order valence-electron chi connectivity index (χ3n) is 9.74. The van der Waals surface area contributed by atoms with Gasteiger partial charge in [-0.15, -0.1) is 0 Å². The van der Waals surface area contributed by atoms with Gasteiger partial charge in [-0.3, -0.25) is 4.57 Å². The van der Waals surface area contributed by atoms with Crippen LogP contribution in [0, 0.1) is 0 Å². The molecular weight excluding hydrogens is 583 g/mol. The summed E-state index contributed by atoms with van der Waals surface area (Å²) in [5, 5.41) is 4.16. The van der Waals surface area contributed by atoms with E-state index in [4.69, 9.17) is 28.7 Å². The highest BCUT2D eigenvalue weighted by Gasteiger charge is 2.52. The zero-order valence-corrected chi connectivity index (χ0v) is 26.6. The second-order valence-corrected chi connectivity index (χ2v) is 13.1. The maximum atomic E-state index is 6.59. The van der Waals surface area contributed by atoms with Crippen LogP contribution in [-0.4, -0.2) is 37.8 Å². The van der Waals surface area contributed by atoms with Gasteiger partial charge >= 0.3 is 7.12 Å². The molecule has 0 radical (unpaired) electrons. The average molecular weight is 615 g/mol. The predicted octanol–water partition coefficient (Wildman–Crippen LogP) is 8.50. The standard InChI is InChI=1S/C39H31BN4O3/c1-38(2)39(3,4)47-40(46-38)29-20-12-18-27-33-28(19-13-23-32(33)45-34(27)29)36-41-35(24-14-6-5-7-15-24)42-37(43-36)44-30-21-10-8-16-25(30)26-17-9-11-22-31(26)44/h5-23H,1-4H3. The molecule has 228 valence electrons. The molecule has 5 aromatic carbocycles. The van der Waals surface area contributed by atoms with Crippen molar-refractivity contribution in [1.29, 1.82) is 0 Å². The molecule has 1 saturated heterocycles. The maximum absolute atomic E-state index is 6.59. The first-order valence-corrected chi connectivity index (χ1v) is 15.9. The van der Waals surface area contributed by atoms with Crippen LogP contribution in [0.25, 0.3) is 72.5 Å². The van der Waals surface area contributed by atoms with Crippen LogP contribution >= 0.6 is 0 Å². The van der Waals surface area contributed by atoms with Gasteiger partial charge in [0.25, 0.3) is 0 Å². The van der Waals surface area contributed by atoms with Crippen LogP contribution in [0.15, 0.2) is 120 Å². The van der Waals surface area contributed by atoms with E-state index in [1.54, 1.807) is 0 Å². The number of nitrogens with zero attached hydrogens (tertiary/aromatic N) is 4. The largest absolute Gasteiger partial charge is 0.498 e. The number of fused-ring (bicyclic) bond motifs is 6. The average Bonchev–Trinajstić information content (AvgIpc) is 3.71. The van der Waals surface area contributed by atoms with E-state index in [0.29, 0.717) is 17.6 Å². The summed E-state index contributed by atoms with van der Waals surface area (Å²) in [5.41, 5.74) is 5.20. The summed E-state index contributed by atoms with van der Waals surface area (Å²) in [6.07, 6.45) is 0. The lowest BCUT2D eigenvalue weighted by molar-refractivity contribution is 0.00578. The molecule has 47 heavy (non-hydrogen) atoms. The zero-order chi connectivity index (χ0) is 31.9. The molecule has 0 N–H and O–H groups in total. The van der Waals surface area contributed by atoms with Crippen LogP contribution < -0.4 is 5.46 Å². The summed E-state index contributed by atoms with van der Waals surface area (Å²) in [4.78, 5) is 15.4. The normalized spacial score (nSPS) is 15.8. The molecule has 0 amide bonds. The number of para-hydroxylation sites is 3. The third kappa shape index (κ3) is 4.25. The molecule has 0 atom stereocenters. The zero-order valence-electron chi connectivity index (χ0n) is 26.6. The van der Waals surface area contributed by atoms with E-state index < -0.39 is 18.3 Å². The quantitative estimate of drug-likeness (QED) is 0.185. The molecule has 3 aromatic heterocycles. The first kappa shape index (κ1) is 28.0. The van der Waals surface area contributed by atoms with Crippen LogP contribution in [0.2, 0.25) is 0 Å². The first-order valence-electron chi connectivity index (χ1n) is 15.9. The Kier molecular flexibility index (Phi) is 6.01. The van der Waals surface area contributed by atoms with Crippen molar-refractivity contribution in [3.8, 4) is 28.7 Å². The number of rotatable bonds is 4. The van der Waals surface area contributed by atoms with Crippen LogP contribution in [0.4, 0.5) is 0 Å². The third-order valence-corrected chi connectivity index (χ3v) is 9.74. The summed E-state index contributed by atoms with van der Waals surface area (Å²) in [7, 11) is -0.559. The molecule has 0 unspecified atom stereocenters. The van der Waals surface area contributed by atoms with E-state index in [1.807, 2.05) is 66.7 Å². The number of hydrogen-bond donors (Lipinski definition) is 0. The molecule has 8 aromatic rings. The Morgan fingerprint density at radius 1 is 0.574 bits per heavy atom. The molecule has 0 aliphatic carbocycles. The molecular formula is C39H31BN4O3. The molecule has 1 aliphatic rings. The Hall–Kier alpha value is -5.31. The van der Waals surface area contributed by atoms with Crippen LogP contribution in [0.3, 0.4) is 0 Å². The fourth-order valence-electron chi connectivity index (χ4n) is 6.65. The fourth-order valence-corrected chi connectivity index (χ4v) is 6.65. The summed E-state index contributed by atoms with van der Waals surface area (Å²) >= 11 is 0. The maximum Gasteiger partial charge on any atom is 0.498 e. The number of hydrogen-bond acceptors (Lipinski definition) is 6. The lowest BCUT2D eigenvalue weighted by Crippen LogP contribution is -2.41. The molecule has 9 rings (SSSR count). The summed E-state index contributed by atoms with van der Waals surface area (Å²) in [5.74, 6) is 1.70. The van der Waals surface area contributed by atoms with Gasteiger partial charge in [0.1, 0.15) is 11.2 Å². The van der Waals surface area contributed by atoms with Gasteiger partial charge in [-0.05, 0) is 45.9 Å². The molecule has 1 aliphatic heterocycles. The Bertz CT molecular complexity index is 2430. The van der Waals surface area contributed by atoms with Crippen LogP contribution in [0.5, 0.6) is 0 Å². The van der Waals surface area contributed by atoms with Gasteiger partial charge < -0.3 is 13.7 Å². The van der Waals surface area contributed by atoms with Gasteiger partial charge in [0, 0.05) is 38.1 Å². The topological polar surface area (TPSA) is 75.2 Å². The minimum absolute atomic E-state index is 0.473. The fraction of sp³-hybridized carbons (Fsp3) is 0.154. The lowest BCUT2D eigenvalue weighted by atomic mass is 9.78. The van der Waals surface area contributed by atoms with E-state index in [9.17, 15) is 0 Å². The van der Waals surface area contributed by atoms with Crippen molar-refractivity contribution in [2.45, 2.75) is 38.9 Å². The minimum atomic E-state index is -0.559. The molecule has 4 heterocycles. The van der Waals surface area contributed by atoms with Crippen molar-refractivity contribution >= 4 is 56.3 Å². The highest BCUT2D eigenvalue weighted by molar-refractivity contribution is 6.65. The molecule has 0 saturated carbocycles. The van der Waals surface area contributed by atoms with Crippen molar-refractivity contribution in [2.75, 3.05) is 0 Å². The van der Waals surface area contributed by atoms with Crippen molar-refractivity contribution in [2.24, 2.45) is 0 Å². The Labute approximate surface area is 272 Å². The minimum Gasteiger partial charge on any atom is -0.456 e. The second kappa shape index (κ2) is 10.1. The van der Waals surface area contributed by atoms with Crippen LogP contribution in [-0.2, 0) is 9.31 Å². The Balaban J connectivity index is 1.30. The van der Waals surface area contributed by atoms with E-state index in [0.717, 1.165) is 60.3 Å². The van der Waals surface area contributed by atoms with Crippen molar-refractivity contribution in [1.82, 2.24) is 19.5 Å². The van der Waals surface area contributed by atoms with Gasteiger partial charge in [-0.25, -0.2) is 4.98 Å². The molecule has 0 spiro atoms. The number of aromatic nitrogens is 4. The lowest BCUT2D eigenvalue weighted by Gasteiger charge is -2.32. The number of benzene rings is 5. The van der Waals surface area contributed by atoms with Gasteiger partial charge in [-0.2, -0.15) is 9.97 Å². The highest BCUT2D eigenvalue weighted by Crippen LogP contribution is 2.40. The summed E-state index contributed by atoms with van der Waals surface area (Å²) in [6, 6.07) is 38.9. The molecule has 0 bridgehead atoms. The number of furan rings is 1. The SMILES string of the molecule is CC1(C)OB(c2cccc3c2oc2cccc(-c4nc(-c5ccccc5)nc(-n5c6ccccc6c6ccccc65)n4)c23)OC1(C)C. The van der Waals surface area contributed by atoms with Gasteiger partial charge in [0.15, 0.2) is 11.6 Å². The molecule has 8 heteroatoms. The smallest absolute Gasteiger partial charge is 0.456 e. The summed E-state index contributed by atoms with van der Waals surface area (Å²) < 4.78 is 21.6. The Morgan fingerprint density at radius 3 is 1.87 bits per heavy atom. The second-order valence-electron chi connectivity index (χ2n) is 13.1. The highest BCUT2D eigenvalue weighted by atomic mass is 16.7. The Morgan fingerprint density at radius 2 is 1.17 bits per heavy atom.